The summed E-state index contributed by atoms with van der Waals surface area (Å²) in [7, 11) is 0. The van der Waals surface area contributed by atoms with Crippen LogP contribution in [-0.2, 0) is 4.79 Å². The molecule has 1 aliphatic heterocycles. The quantitative estimate of drug-likeness (QED) is 0.699. The molecule has 0 aromatic rings. The lowest BCUT2D eigenvalue weighted by Gasteiger charge is -2.37. The molecule has 4 heteroatoms. The summed E-state index contributed by atoms with van der Waals surface area (Å²) in [4.78, 5) is 11.0. The molecular formula is C10H17NO2S. The summed E-state index contributed by atoms with van der Waals surface area (Å²) in [6, 6.07) is -0.318. The fourth-order valence-electron chi connectivity index (χ4n) is 2.50. The average Bonchev–Trinajstić information content (AvgIpc) is 2.47. The van der Waals surface area contributed by atoms with Crippen molar-refractivity contribution in [3.63, 3.8) is 0 Å². The monoisotopic (exact) mass is 215 g/mol. The Morgan fingerprint density at radius 2 is 2.36 bits per heavy atom. The SMILES string of the molecule is CC1CCC2(C1)NC(C(=O)O)CCS2. The van der Waals surface area contributed by atoms with E-state index in [2.05, 4.69) is 12.2 Å². The van der Waals surface area contributed by atoms with Crippen molar-refractivity contribution in [2.45, 2.75) is 43.5 Å². The standard InChI is InChI=1S/C10H17NO2S/c1-7-2-4-10(6-7)11-8(9(12)13)3-5-14-10/h7-8,11H,2-6H2,1H3,(H,12,13). The molecule has 2 aliphatic rings. The van der Waals surface area contributed by atoms with Crippen LogP contribution in [0.2, 0.25) is 0 Å². The summed E-state index contributed by atoms with van der Waals surface area (Å²) in [6.45, 7) is 2.25. The maximum Gasteiger partial charge on any atom is 0.320 e. The molecule has 0 bridgehead atoms. The van der Waals surface area contributed by atoms with Crippen LogP contribution in [-0.4, -0.2) is 27.7 Å². The van der Waals surface area contributed by atoms with E-state index in [0.717, 1.165) is 30.9 Å². The molecule has 3 atom stereocenters. The van der Waals surface area contributed by atoms with Crippen LogP contribution >= 0.6 is 11.8 Å². The van der Waals surface area contributed by atoms with E-state index in [1.54, 1.807) is 0 Å². The van der Waals surface area contributed by atoms with Gasteiger partial charge >= 0.3 is 5.97 Å². The zero-order chi connectivity index (χ0) is 10.2. The molecule has 1 aliphatic carbocycles. The highest BCUT2D eigenvalue weighted by Crippen LogP contribution is 2.45. The molecule has 1 spiro atoms. The van der Waals surface area contributed by atoms with Gasteiger partial charge in [0.25, 0.3) is 0 Å². The van der Waals surface area contributed by atoms with Crippen LogP contribution in [0.5, 0.6) is 0 Å². The molecule has 1 saturated heterocycles. The first-order chi connectivity index (χ1) is 6.61. The molecule has 0 amide bonds. The Morgan fingerprint density at radius 3 is 2.93 bits per heavy atom. The Kier molecular flexibility index (Phi) is 2.75. The van der Waals surface area contributed by atoms with Gasteiger partial charge in [0.2, 0.25) is 0 Å². The minimum atomic E-state index is -0.691. The van der Waals surface area contributed by atoms with E-state index in [9.17, 15) is 4.79 Å². The van der Waals surface area contributed by atoms with Crippen molar-refractivity contribution in [2.24, 2.45) is 5.92 Å². The van der Waals surface area contributed by atoms with Gasteiger partial charge < -0.3 is 5.11 Å². The molecule has 2 fully saturated rings. The van der Waals surface area contributed by atoms with E-state index in [1.807, 2.05) is 11.8 Å². The predicted molar refractivity (Wildman–Crippen MR) is 57.4 cm³/mol. The van der Waals surface area contributed by atoms with Crippen molar-refractivity contribution in [1.29, 1.82) is 0 Å². The number of aliphatic carboxylic acids is 1. The van der Waals surface area contributed by atoms with Crippen LogP contribution in [0, 0.1) is 5.92 Å². The number of rotatable bonds is 1. The zero-order valence-corrected chi connectivity index (χ0v) is 9.27. The summed E-state index contributed by atoms with van der Waals surface area (Å²) < 4.78 is 0. The average molecular weight is 215 g/mol. The maximum atomic E-state index is 10.9. The van der Waals surface area contributed by atoms with E-state index in [4.69, 9.17) is 5.11 Å². The van der Waals surface area contributed by atoms with Crippen LogP contribution < -0.4 is 5.32 Å². The largest absolute Gasteiger partial charge is 0.480 e. The number of hydrogen-bond donors (Lipinski definition) is 2. The van der Waals surface area contributed by atoms with Gasteiger partial charge in [0.05, 0.1) is 4.87 Å². The lowest BCUT2D eigenvalue weighted by atomic mass is 10.1. The van der Waals surface area contributed by atoms with Gasteiger partial charge in [-0.2, -0.15) is 0 Å². The number of hydrogen-bond acceptors (Lipinski definition) is 3. The number of nitrogens with one attached hydrogen (secondary N) is 1. The fraction of sp³-hybridized carbons (Fsp3) is 0.900. The topological polar surface area (TPSA) is 49.3 Å². The van der Waals surface area contributed by atoms with E-state index < -0.39 is 5.97 Å². The molecule has 3 nitrogen and oxygen atoms in total. The second-order valence-corrected chi connectivity index (χ2v) is 5.99. The number of carboxylic acid groups (broad SMARTS) is 1. The van der Waals surface area contributed by atoms with Crippen LogP contribution in [0.4, 0.5) is 0 Å². The molecule has 0 aromatic carbocycles. The van der Waals surface area contributed by atoms with Crippen molar-refractivity contribution >= 4 is 17.7 Å². The summed E-state index contributed by atoms with van der Waals surface area (Å²) in [5.41, 5.74) is 0. The lowest BCUT2D eigenvalue weighted by Crippen LogP contribution is -2.53. The van der Waals surface area contributed by atoms with Crippen molar-refractivity contribution in [3.8, 4) is 0 Å². The lowest BCUT2D eigenvalue weighted by molar-refractivity contribution is -0.140. The van der Waals surface area contributed by atoms with Gasteiger partial charge in [-0.3, -0.25) is 10.1 Å². The fourth-order valence-corrected chi connectivity index (χ4v) is 4.13. The molecular weight excluding hydrogens is 198 g/mol. The minimum absolute atomic E-state index is 0.0841. The molecule has 1 saturated carbocycles. The highest BCUT2D eigenvalue weighted by atomic mass is 32.2. The Labute approximate surface area is 88.6 Å². The smallest absolute Gasteiger partial charge is 0.320 e. The summed E-state index contributed by atoms with van der Waals surface area (Å²) >= 11 is 1.92. The summed E-state index contributed by atoms with van der Waals surface area (Å²) in [5, 5.41) is 12.3. The molecule has 80 valence electrons. The van der Waals surface area contributed by atoms with Gasteiger partial charge in [0.1, 0.15) is 6.04 Å². The van der Waals surface area contributed by atoms with Crippen LogP contribution in [0.1, 0.15) is 32.6 Å². The summed E-state index contributed by atoms with van der Waals surface area (Å²) in [6.07, 6.45) is 4.24. The number of carbonyl (C=O) groups is 1. The number of carboxylic acids is 1. The Morgan fingerprint density at radius 1 is 1.57 bits per heavy atom. The Hall–Kier alpha value is -0.220. The Balaban J connectivity index is 2.03. The second kappa shape index (κ2) is 3.74. The molecule has 0 radical (unpaired) electrons. The molecule has 0 aromatic heterocycles. The molecule has 2 rings (SSSR count). The van der Waals surface area contributed by atoms with Gasteiger partial charge in [-0.05, 0) is 37.4 Å². The van der Waals surface area contributed by atoms with E-state index in [1.165, 1.54) is 6.42 Å². The first-order valence-electron chi connectivity index (χ1n) is 5.26. The molecule has 14 heavy (non-hydrogen) atoms. The van der Waals surface area contributed by atoms with Crippen LogP contribution in [0.25, 0.3) is 0 Å². The highest BCUT2D eigenvalue weighted by Gasteiger charge is 2.43. The van der Waals surface area contributed by atoms with E-state index in [-0.39, 0.29) is 10.9 Å². The summed E-state index contributed by atoms with van der Waals surface area (Å²) in [5.74, 6) is 1.03. The van der Waals surface area contributed by atoms with Crippen LogP contribution in [0.15, 0.2) is 0 Å². The third-order valence-corrected chi connectivity index (χ3v) is 4.72. The van der Waals surface area contributed by atoms with Gasteiger partial charge in [-0.15, -0.1) is 11.8 Å². The molecule has 1 heterocycles. The Bertz CT molecular complexity index is 242. The predicted octanol–water partition coefficient (Wildman–Crippen LogP) is 1.68. The van der Waals surface area contributed by atoms with Crippen molar-refractivity contribution in [2.75, 3.05) is 5.75 Å². The first-order valence-corrected chi connectivity index (χ1v) is 6.24. The van der Waals surface area contributed by atoms with Gasteiger partial charge in [-0.1, -0.05) is 6.92 Å². The van der Waals surface area contributed by atoms with Crippen LogP contribution in [0.3, 0.4) is 0 Å². The van der Waals surface area contributed by atoms with Crippen molar-refractivity contribution in [3.05, 3.63) is 0 Å². The first kappa shape index (κ1) is 10.3. The highest BCUT2D eigenvalue weighted by molar-refractivity contribution is 8.00. The molecule has 2 N–H and O–H groups in total. The third kappa shape index (κ3) is 1.91. The maximum absolute atomic E-state index is 10.9. The van der Waals surface area contributed by atoms with Gasteiger partial charge in [0.15, 0.2) is 0 Å². The minimum Gasteiger partial charge on any atom is -0.480 e. The van der Waals surface area contributed by atoms with Gasteiger partial charge in [0, 0.05) is 0 Å². The zero-order valence-electron chi connectivity index (χ0n) is 8.45. The van der Waals surface area contributed by atoms with E-state index in [0.29, 0.717) is 0 Å². The number of thioether (sulfide) groups is 1. The van der Waals surface area contributed by atoms with Crippen molar-refractivity contribution in [1.82, 2.24) is 5.32 Å². The third-order valence-electron chi connectivity index (χ3n) is 3.24. The van der Waals surface area contributed by atoms with E-state index >= 15 is 0 Å². The normalized spacial score (nSPS) is 42.9. The van der Waals surface area contributed by atoms with Gasteiger partial charge in [-0.25, -0.2) is 0 Å². The second-order valence-electron chi connectivity index (χ2n) is 4.51. The van der Waals surface area contributed by atoms with Crippen molar-refractivity contribution < 1.29 is 9.90 Å². The molecule has 3 unspecified atom stereocenters.